The van der Waals surface area contributed by atoms with Crippen molar-refractivity contribution in [1.29, 1.82) is 0 Å². The fourth-order valence-electron chi connectivity index (χ4n) is 1.85. The maximum absolute atomic E-state index is 4.46. The van der Waals surface area contributed by atoms with Crippen LogP contribution in [0.15, 0.2) is 34.8 Å². The molecule has 1 aromatic carbocycles. The number of aryl methyl sites for hydroxylation is 1. The van der Waals surface area contributed by atoms with Gasteiger partial charge in [-0.1, -0.05) is 28.1 Å². The summed E-state index contributed by atoms with van der Waals surface area (Å²) in [6, 6.07) is 10.3. The van der Waals surface area contributed by atoms with Crippen LogP contribution in [0.25, 0.3) is 0 Å². The minimum absolute atomic E-state index is 0.649. The average molecular weight is 321 g/mol. The fourth-order valence-corrected chi connectivity index (χ4v) is 2.30. The van der Waals surface area contributed by atoms with Gasteiger partial charge in [0.1, 0.15) is 5.82 Å². The van der Waals surface area contributed by atoms with Crippen molar-refractivity contribution in [3.63, 3.8) is 0 Å². The number of nitrogens with one attached hydrogen (secondary N) is 1. The quantitative estimate of drug-likeness (QED) is 0.939. The van der Waals surface area contributed by atoms with Crippen LogP contribution in [0.1, 0.15) is 11.3 Å². The minimum Gasteiger partial charge on any atom is -0.357 e. The Morgan fingerprint density at radius 2 is 2.05 bits per heavy atom. The Hall–Kier alpha value is -1.62. The highest BCUT2D eigenvalue weighted by Crippen LogP contribution is 2.18. The molecule has 0 fully saturated rings. The highest BCUT2D eigenvalue weighted by Gasteiger charge is 2.07. The van der Waals surface area contributed by atoms with Crippen LogP contribution in [-0.2, 0) is 6.54 Å². The summed E-state index contributed by atoms with van der Waals surface area (Å²) >= 11 is 3.49. The molecule has 0 radical (unpaired) electrons. The Labute approximate surface area is 122 Å². The molecule has 0 unspecified atom stereocenters. The molecule has 0 bridgehead atoms. The standard InChI is InChI=1S/C14H17BrN4/c1-10-7-13(18-14(16-2)17-10)19(3)9-11-5-4-6-12(15)8-11/h4-8H,9H2,1-3H3,(H,16,17,18). The summed E-state index contributed by atoms with van der Waals surface area (Å²) in [5.74, 6) is 1.56. The van der Waals surface area contributed by atoms with Gasteiger partial charge in [-0.15, -0.1) is 0 Å². The number of aromatic nitrogens is 2. The van der Waals surface area contributed by atoms with E-state index in [0.29, 0.717) is 5.95 Å². The van der Waals surface area contributed by atoms with E-state index in [0.717, 1.165) is 22.5 Å². The van der Waals surface area contributed by atoms with Gasteiger partial charge < -0.3 is 10.2 Å². The summed E-state index contributed by atoms with van der Waals surface area (Å²) in [6.45, 7) is 2.78. The maximum Gasteiger partial charge on any atom is 0.224 e. The van der Waals surface area contributed by atoms with E-state index in [1.54, 1.807) is 0 Å². The molecule has 0 saturated carbocycles. The maximum atomic E-state index is 4.46. The molecule has 0 aliphatic carbocycles. The fraction of sp³-hybridized carbons (Fsp3) is 0.286. The molecule has 2 aromatic rings. The normalized spacial score (nSPS) is 10.3. The van der Waals surface area contributed by atoms with E-state index in [1.165, 1.54) is 5.56 Å². The Morgan fingerprint density at radius 1 is 1.26 bits per heavy atom. The average Bonchev–Trinajstić information content (AvgIpc) is 2.38. The van der Waals surface area contributed by atoms with Crippen molar-refractivity contribution in [2.75, 3.05) is 24.3 Å². The first kappa shape index (κ1) is 13.8. The molecule has 1 heterocycles. The van der Waals surface area contributed by atoms with Crippen LogP contribution in [-0.4, -0.2) is 24.1 Å². The van der Waals surface area contributed by atoms with Crippen LogP contribution in [0.3, 0.4) is 0 Å². The van der Waals surface area contributed by atoms with Gasteiger partial charge in [0.15, 0.2) is 0 Å². The van der Waals surface area contributed by atoms with Gasteiger partial charge in [-0.25, -0.2) is 4.98 Å². The van der Waals surface area contributed by atoms with E-state index in [-0.39, 0.29) is 0 Å². The largest absolute Gasteiger partial charge is 0.357 e. The van der Waals surface area contributed by atoms with Gasteiger partial charge in [0.2, 0.25) is 5.95 Å². The molecule has 100 valence electrons. The molecule has 2 rings (SSSR count). The molecule has 0 spiro atoms. The van der Waals surface area contributed by atoms with Crippen molar-refractivity contribution in [2.45, 2.75) is 13.5 Å². The zero-order chi connectivity index (χ0) is 13.8. The van der Waals surface area contributed by atoms with Crippen LogP contribution in [0.4, 0.5) is 11.8 Å². The summed E-state index contributed by atoms with van der Waals surface area (Å²) in [5, 5.41) is 2.98. The second-order valence-corrected chi connectivity index (χ2v) is 5.34. The van der Waals surface area contributed by atoms with E-state index in [9.17, 15) is 0 Å². The van der Waals surface area contributed by atoms with Crippen LogP contribution in [0.5, 0.6) is 0 Å². The molecule has 5 heteroatoms. The third-order valence-corrected chi connectivity index (χ3v) is 3.26. The van der Waals surface area contributed by atoms with Crippen LogP contribution in [0.2, 0.25) is 0 Å². The molecule has 0 aliphatic heterocycles. The summed E-state index contributed by atoms with van der Waals surface area (Å²) in [7, 11) is 3.86. The molecule has 4 nitrogen and oxygen atoms in total. The lowest BCUT2D eigenvalue weighted by atomic mass is 10.2. The molecule has 19 heavy (non-hydrogen) atoms. The zero-order valence-electron chi connectivity index (χ0n) is 11.3. The number of hydrogen-bond donors (Lipinski definition) is 1. The Balaban J connectivity index is 2.20. The number of benzene rings is 1. The van der Waals surface area contributed by atoms with Crippen molar-refractivity contribution in [3.05, 3.63) is 46.1 Å². The lowest BCUT2D eigenvalue weighted by Crippen LogP contribution is -2.18. The summed E-state index contributed by atoms with van der Waals surface area (Å²) in [4.78, 5) is 10.9. The Kier molecular flexibility index (Phi) is 4.37. The van der Waals surface area contributed by atoms with Crippen LogP contribution >= 0.6 is 15.9 Å². The Bertz CT molecular complexity index is 571. The summed E-state index contributed by atoms with van der Waals surface area (Å²) < 4.78 is 1.09. The third-order valence-electron chi connectivity index (χ3n) is 2.76. The lowest BCUT2D eigenvalue weighted by Gasteiger charge is -2.19. The van der Waals surface area contributed by atoms with Crippen molar-refractivity contribution in [2.24, 2.45) is 0 Å². The second-order valence-electron chi connectivity index (χ2n) is 4.43. The SMILES string of the molecule is CNc1nc(C)cc(N(C)Cc2cccc(Br)c2)n1. The van der Waals surface area contributed by atoms with Crippen molar-refractivity contribution in [1.82, 2.24) is 9.97 Å². The van der Waals surface area contributed by atoms with Gasteiger partial charge in [0.05, 0.1) is 0 Å². The van der Waals surface area contributed by atoms with Gasteiger partial charge in [-0.2, -0.15) is 4.98 Å². The van der Waals surface area contributed by atoms with Crippen molar-refractivity contribution < 1.29 is 0 Å². The lowest BCUT2D eigenvalue weighted by molar-refractivity contribution is 0.887. The smallest absolute Gasteiger partial charge is 0.224 e. The van der Waals surface area contributed by atoms with Gasteiger partial charge in [-0.3, -0.25) is 0 Å². The predicted molar refractivity (Wildman–Crippen MR) is 82.6 cm³/mol. The van der Waals surface area contributed by atoms with Crippen LogP contribution in [0, 0.1) is 6.92 Å². The van der Waals surface area contributed by atoms with Crippen molar-refractivity contribution >= 4 is 27.7 Å². The number of anilines is 2. The minimum atomic E-state index is 0.649. The molecule has 0 aliphatic rings. The first-order valence-corrected chi connectivity index (χ1v) is 6.87. The van der Waals surface area contributed by atoms with E-state index in [4.69, 9.17) is 0 Å². The number of rotatable bonds is 4. The van der Waals surface area contributed by atoms with Crippen molar-refractivity contribution in [3.8, 4) is 0 Å². The molecule has 0 atom stereocenters. The van der Waals surface area contributed by atoms with Gasteiger partial charge >= 0.3 is 0 Å². The number of nitrogens with zero attached hydrogens (tertiary/aromatic N) is 3. The third kappa shape index (κ3) is 3.67. The van der Waals surface area contributed by atoms with E-state index >= 15 is 0 Å². The van der Waals surface area contributed by atoms with Gasteiger partial charge in [0, 0.05) is 36.9 Å². The molecule has 0 amide bonds. The monoisotopic (exact) mass is 320 g/mol. The highest BCUT2D eigenvalue weighted by molar-refractivity contribution is 9.10. The van der Waals surface area contributed by atoms with E-state index < -0.39 is 0 Å². The summed E-state index contributed by atoms with van der Waals surface area (Å²) in [6.07, 6.45) is 0. The Morgan fingerprint density at radius 3 is 2.74 bits per heavy atom. The number of halogens is 1. The topological polar surface area (TPSA) is 41.1 Å². The predicted octanol–water partition coefficient (Wildman–Crippen LogP) is 3.23. The highest BCUT2D eigenvalue weighted by atomic mass is 79.9. The molecule has 1 N–H and O–H groups in total. The summed E-state index contributed by atoms with van der Waals surface area (Å²) in [5.41, 5.74) is 2.19. The second kappa shape index (κ2) is 6.02. The van der Waals surface area contributed by atoms with E-state index in [1.807, 2.05) is 39.2 Å². The van der Waals surface area contributed by atoms with Gasteiger partial charge in [-0.05, 0) is 24.6 Å². The zero-order valence-corrected chi connectivity index (χ0v) is 12.9. The van der Waals surface area contributed by atoms with E-state index in [2.05, 4.69) is 48.2 Å². The molecule has 0 saturated heterocycles. The molecular weight excluding hydrogens is 304 g/mol. The number of hydrogen-bond acceptors (Lipinski definition) is 4. The molecule has 1 aromatic heterocycles. The molecular formula is C14H17BrN4. The first-order valence-electron chi connectivity index (χ1n) is 6.07. The van der Waals surface area contributed by atoms with Crippen LogP contribution < -0.4 is 10.2 Å². The first-order chi connectivity index (χ1) is 9.08. The van der Waals surface area contributed by atoms with Gasteiger partial charge in [0.25, 0.3) is 0 Å².